The van der Waals surface area contributed by atoms with Crippen molar-refractivity contribution < 1.29 is 19.1 Å². The van der Waals surface area contributed by atoms with Gasteiger partial charge in [0.1, 0.15) is 12.3 Å². The summed E-state index contributed by atoms with van der Waals surface area (Å²) in [5.41, 5.74) is 4.03. The summed E-state index contributed by atoms with van der Waals surface area (Å²) >= 11 is 0. The van der Waals surface area contributed by atoms with Crippen LogP contribution in [0.5, 0.6) is 5.75 Å². The number of nitrogens with one attached hydrogen (secondary N) is 1. The Bertz CT molecular complexity index is 1270. The molecule has 0 radical (unpaired) electrons. The molecule has 3 aromatic rings. The zero-order chi connectivity index (χ0) is 27.8. The van der Waals surface area contributed by atoms with Crippen LogP contribution in [0, 0.1) is 6.92 Å². The van der Waals surface area contributed by atoms with Gasteiger partial charge in [-0.15, -0.1) is 0 Å². The molecule has 0 aliphatic carbocycles. The standard InChI is InChI=1S/C31H36N4O4/c1-4-17-35(31(38)24-7-5-23(2)6-8-24)22-29(36)32-26-11-13-27(14-12-26)33-18-20-34(21-19-33)30(37)25-9-15-28(39-3)16-10-25/h5-16H,4,17-22H2,1-3H3,(H,32,36). The molecule has 3 amide bonds. The van der Waals surface area contributed by atoms with Crippen LogP contribution in [0.15, 0.2) is 72.8 Å². The second-order valence-electron chi connectivity index (χ2n) is 9.70. The number of hydrogen-bond acceptors (Lipinski definition) is 5. The molecule has 1 saturated heterocycles. The highest BCUT2D eigenvalue weighted by molar-refractivity contribution is 5.99. The lowest BCUT2D eigenvalue weighted by atomic mass is 10.1. The number of anilines is 2. The van der Waals surface area contributed by atoms with Crippen molar-refractivity contribution in [3.05, 3.63) is 89.5 Å². The number of aryl methyl sites for hydroxylation is 1. The van der Waals surface area contributed by atoms with E-state index in [2.05, 4.69) is 10.2 Å². The molecule has 0 aromatic heterocycles. The lowest BCUT2D eigenvalue weighted by Crippen LogP contribution is -2.48. The number of ether oxygens (including phenoxy) is 1. The molecular formula is C31H36N4O4. The van der Waals surface area contributed by atoms with Crippen LogP contribution in [0.2, 0.25) is 0 Å². The number of benzene rings is 3. The van der Waals surface area contributed by atoms with E-state index in [1.807, 2.05) is 55.1 Å². The molecule has 8 heteroatoms. The zero-order valence-corrected chi connectivity index (χ0v) is 22.9. The number of rotatable bonds is 9. The average molecular weight is 529 g/mol. The van der Waals surface area contributed by atoms with Gasteiger partial charge in [-0.3, -0.25) is 14.4 Å². The van der Waals surface area contributed by atoms with Crippen LogP contribution >= 0.6 is 0 Å². The first kappa shape index (κ1) is 27.7. The summed E-state index contributed by atoms with van der Waals surface area (Å²) in [5.74, 6) is 0.368. The number of piperazine rings is 1. The second-order valence-corrected chi connectivity index (χ2v) is 9.70. The van der Waals surface area contributed by atoms with Gasteiger partial charge in [0.05, 0.1) is 7.11 Å². The van der Waals surface area contributed by atoms with Gasteiger partial charge in [-0.05, 0) is 74.0 Å². The number of carbonyl (C=O) groups is 3. The summed E-state index contributed by atoms with van der Waals surface area (Å²) in [6.45, 7) is 7.17. The number of methoxy groups -OCH3 is 1. The Morgan fingerprint density at radius 1 is 0.846 bits per heavy atom. The van der Waals surface area contributed by atoms with Crippen molar-refractivity contribution in [3.8, 4) is 5.75 Å². The fourth-order valence-electron chi connectivity index (χ4n) is 4.61. The zero-order valence-electron chi connectivity index (χ0n) is 22.9. The molecule has 1 N–H and O–H groups in total. The van der Waals surface area contributed by atoms with Crippen LogP contribution in [0.1, 0.15) is 39.6 Å². The van der Waals surface area contributed by atoms with E-state index in [1.54, 1.807) is 48.4 Å². The van der Waals surface area contributed by atoms with Gasteiger partial charge in [0, 0.05) is 55.2 Å². The van der Waals surface area contributed by atoms with Gasteiger partial charge in [-0.1, -0.05) is 24.6 Å². The highest BCUT2D eigenvalue weighted by Crippen LogP contribution is 2.21. The Morgan fingerprint density at radius 2 is 1.46 bits per heavy atom. The van der Waals surface area contributed by atoms with Gasteiger partial charge >= 0.3 is 0 Å². The van der Waals surface area contributed by atoms with E-state index in [4.69, 9.17) is 4.74 Å². The Kier molecular flexibility index (Phi) is 9.20. The molecule has 0 bridgehead atoms. The first-order valence-electron chi connectivity index (χ1n) is 13.3. The molecule has 204 valence electrons. The highest BCUT2D eigenvalue weighted by atomic mass is 16.5. The number of hydrogen-bond donors (Lipinski definition) is 1. The molecule has 0 spiro atoms. The van der Waals surface area contributed by atoms with Gasteiger partial charge in [-0.2, -0.15) is 0 Å². The molecule has 3 aromatic carbocycles. The Morgan fingerprint density at radius 3 is 2.05 bits per heavy atom. The third kappa shape index (κ3) is 7.16. The first-order valence-corrected chi connectivity index (χ1v) is 13.3. The lowest BCUT2D eigenvalue weighted by molar-refractivity contribution is -0.116. The van der Waals surface area contributed by atoms with Crippen LogP contribution in [-0.2, 0) is 4.79 Å². The van der Waals surface area contributed by atoms with Crippen molar-refractivity contribution in [2.75, 3.05) is 56.6 Å². The van der Waals surface area contributed by atoms with E-state index >= 15 is 0 Å². The summed E-state index contributed by atoms with van der Waals surface area (Å²) in [5, 5.41) is 2.91. The van der Waals surface area contributed by atoms with Crippen LogP contribution in [0.4, 0.5) is 11.4 Å². The largest absolute Gasteiger partial charge is 0.497 e. The second kappa shape index (κ2) is 13.0. The Labute approximate surface area is 230 Å². The topological polar surface area (TPSA) is 82.2 Å². The summed E-state index contributed by atoms with van der Waals surface area (Å²) in [7, 11) is 1.60. The molecule has 1 aliphatic heterocycles. The van der Waals surface area contributed by atoms with Crippen molar-refractivity contribution in [2.45, 2.75) is 20.3 Å². The minimum Gasteiger partial charge on any atom is -0.497 e. The summed E-state index contributed by atoms with van der Waals surface area (Å²) < 4.78 is 5.17. The van der Waals surface area contributed by atoms with Crippen molar-refractivity contribution >= 4 is 29.1 Å². The van der Waals surface area contributed by atoms with Gasteiger partial charge < -0.3 is 24.8 Å². The van der Waals surface area contributed by atoms with E-state index in [9.17, 15) is 14.4 Å². The van der Waals surface area contributed by atoms with Crippen LogP contribution in [-0.4, -0.2) is 73.9 Å². The van der Waals surface area contributed by atoms with Crippen molar-refractivity contribution in [3.63, 3.8) is 0 Å². The normalized spacial score (nSPS) is 13.1. The predicted molar refractivity (Wildman–Crippen MR) is 154 cm³/mol. The molecule has 8 nitrogen and oxygen atoms in total. The van der Waals surface area contributed by atoms with Crippen LogP contribution < -0.4 is 15.0 Å². The number of amides is 3. The van der Waals surface area contributed by atoms with Crippen LogP contribution in [0.3, 0.4) is 0 Å². The molecule has 4 rings (SSSR count). The van der Waals surface area contributed by atoms with Gasteiger partial charge in [0.15, 0.2) is 0 Å². The SMILES string of the molecule is CCCN(CC(=O)Nc1ccc(N2CCN(C(=O)c3ccc(OC)cc3)CC2)cc1)C(=O)c1ccc(C)cc1. The maximum Gasteiger partial charge on any atom is 0.254 e. The predicted octanol–water partition coefficient (Wildman–Crippen LogP) is 4.46. The van der Waals surface area contributed by atoms with Gasteiger partial charge in [0.2, 0.25) is 5.91 Å². The maximum absolute atomic E-state index is 12.9. The lowest BCUT2D eigenvalue weighted by Gasteiger charge is -2.36. The third-order valence-corrected chi connectivity index (χ3v) is 6.83. The van der Waals surface area contributed by atoms with Crippen LogP contribution in [0.25, 0.3) is 0 Å². The Balaban J connectivity index is 1.29. The van der Waals surface area contributed by atoms with Gasteiger partial charge in [-0.25, -0.2) is 0 Å². The molecule has 0 saturated carbocycles. The van der Waals surface area contributed by atoms with E-state index in [0.29, 0.717) is 36.4 Å². The summed E-state index contributed by atoms with van der Waals surface area (Å²) in [6, 6.07) is 22.3. The average Bonchev–Trinajstić information content (AvgIpc) is 2.97. The first-order chi connectivity index (χ1) is 18.9. The van der Waals surface area contributed by atoms with E-state index in [1.165, 1.54) is 0 Å². The molecular weight excluding hydrogens is 492 g/mol. The number of nitrogens with zero attached hydrogens (tertiary/aromatic N) is 3. The van der Waals surface area contributed by atoms with E-state index < -0.39 is 0 Å². The fraction of sp³-hybridized carbons (Fsp3) is 0.323. The maximum atomic E-state index is 12.9. The monoisotopic (exact) mass is 528 g/mol. The molecule has 1 heterocycles. The van der Waals surface area contributed by atoms with Crippen molar-refractivity contribution in [1.82, 2.24) is 9.80 Å². The molecule has 1 fully saturated rings. The quantitative estimate of drug-likeness (QED) is 0.444. The minimum atomic E-state index is -0.234. The molecule has 0 atom stereocenters. The Hall–Kier alpha value is -4.33. The molecule has 0 unspecified atom stereocenters. The molecule has 1 aliphatic rings. The fourth-order valence-corrected chi connectivity index (χ4v) is 4.61. The van der Waals surface area contributed by atoms with E-state index in [-0.39, 0.29) is 24.3 Å². The van der Waals surface area contributed by atoms with Crippen molar-refractivity contribution in [2.24, 2.45) is 0 Å². The van der Waals surface area contributed by atoms with Gasteiger partial charge in [0.25, 0.3) is 11.8 Å². The third-order valence-electron chi connectivity index (χ3n) is 6.83. The van der Waals surface area contributed by atoms with E-state index in [0.717, 1.165) is 36.5 Å². The summed E-state index contributed by atoms with van der Waals surface area (Å²) in [6.07, 6.45) is 0.762. The molecule has 39 heavy (non-hydrogen) atoms. The van der Waals surface area contributed by atoms with Crippen molar-refractivity contribution in [1.29, 1.82) is 0 Å². The minimum absolute atomic E-state index is 0.00746. The highest BCUT2D eigenvalue weighted by Gasteiger charge is 2.23. The smallest absolute Gasteiger partial charge is 0.254 e. The summed E-state index contributed by atoms with van der Waals surface area (Å²) in [4.78, 5) is 44.2. The number of carbonyl (C=O) groups excluding carboxylic acids is 3.